The van der Waals surface area contributed by atoms with Crippen LogP contribution < -0.4 is 16.4 Å². The second kappa shape index (κ2) is 6.45. The minimum absolute atomic E-state index is 0.284. The first-order chi connectivity index (χ1) is 11.2. The third-order valence-electron chi connectivity index (χ3n) is 3.42. The molecule has 2 aromatic heterocycles. The van der Waals surface area contributed by atoms with Gasteiger partial charge in [0.25, 0.3) is 0 Å². The summed E-state index contributed by atoms with van der Waals surface area (Å²) in [4.78, 5) is 23.3. The third kappa shape index (κ3) is 3.29. The van der Waals surface area contributed by atoms with Gasteiger partial charge < -0.3 is 16.0 Å². The van der Waals surface area contributed by atoms with E-state index in [1.165, 1.54) is 0 Å². The highest BCUT2D eigenvalue weighted by atomic mass is 16.2. The van der Waals surface area contributed by atoms with Gasteiger partial charge in [-0.2, -0.15) is 0 Å². The number of amides is 2. The van der Waals surface area contributed by atoms with Gasteiger partial charge in [-0.3, -0.25) is 10.3 Å². The van der Waals surface area contributed by atoms with Crippen molar-refractivity contribution in [3.63, 3.8) is 0 Å². The standard InChI is InChI=1S/C16H18N6O/c1-2-18-16(23)22-15-20-13-6-4-10(7-14(13)21-15)11-3-5-12(8-17)19-9-11/h3-7,9H,2,8,17H2,1H3,(H3,18,20,21,22,23). The van der Waals surface area contributed by atoms with Crippen LogP contribution in [0.1, 0.15) is 12.6 Å². The number of aromatic nitrogens is 3. The topological polar surface area (TPSA) is 109 Å². The smallest absolute Gasteiger partial charge is 0.321 e. The molecule has 0 radical (unpaired) electrons. The van der Waals surface area contributed by atoms with E-state index in [1.54, 1.807) is 6.20 Å². The number of nitrogens with one attached hydrogen (secondary N) is 3. The van der Waals surface area contributed by atoms with E-state index in [1.807, 2.05) is 37.3 Å². The Morgan fingerprint density at radius 2 is 2.09 bits per heavy atom. The molecule has 2 amide bonds. The van der Waals surface area contributed by atoms with E-state index in [4.69, 9.17) is 5.73 Å². The molecular weight excluding hydrogens is 292 g/mol. The van der Waals surface area contributed by atoms with E-state index in [-0.39, 0.29) is 6.03 Å². The van der Waals surface area contributed by atoms with Gasteiger partial charge in [0, 0.05) is 24.8 Å². The van der Waals surface area contributed by atoms with Crippen molar-refractivity contribution in [1.29, 1.82) is 0 Å². The molecule has 0 unspecified atom stereocenters. The summed E-state index contributed by atoms with van der Waals surface area (Å²) in [6, 6.07) is 9.47. The van der Waals surface area contributed by atoms with Crippen molar-refractivity contribution in [2.24, 2.45) is 5.73 Å². The number of nitrogens with zero attached hydrogens (tertiary/aromatic N) is 2. The molecule has 118 valence electrons. The second-order valence-corrected chi connectivity index (χ2v) is 5.04. The maximum Gasteiger partial charge on any atom is 0.321 e. The summed E-state index contributed by atoms with van der Waals surface area (Å²) < 4.78 is 0. The lowest BCUT2D eigenvalue weighted by Gasteiger charge is -2.02. The number of fused-ring (bicyclic) bond motifs is 1. The average Bonchev–Trinajstić information content (AvgIpc) is 2.96. The maximum atomic E-state index is 11.5. The molecule has 3 aromatic rings. The van der Waals surface area contributed by atoms with Crippen molar-refractivity contribution in [1.82, 2.24) is 20.3 Å². The number of anilines is 1. The van der Waals surface area contributed by atoms with Gasteiger partial charge >= 0.3 is 6.03 Å². The van der Waals surface area contributed by atoms with E-state index in [0.29, 0.717) is 19.0 Å². The summed E-state index contributed by atoms with van der Waals surface area (Å²) in [6.07, 6.45) is 1.80. The van der Waals surface area contributed by atoms with E-state index in [2.05, 4.69) is 25.6 Å². The maximum absolute atomic E-state index is 11.5. The molecule has 0 spiro atoms. The number of hydrogen-bond acceptors (Lipinski definition) is 4. The Morgan fingerprint density at radius 3 is 2.78 bits per heavy atom. The van der Waals surface area contributed by atoms with Crippen molar-refractivity contribution in [2.75, 3.05) is 11.9 Å². The van der Waals surface area contributed by atoms with E-state index in [9.17, 15) is 4.79 Å². The van der Waals surface area contributed by atoms with Gasteiger partial charge in [0.1, 0.15) is 0 Å². The number of H-pyrrole nitrogens is 1. The summed E-state index contributed by atoms with van der Waals surface area (Å²) >= 11 is 0. The van der Waals surface area contributed by atoms with Crippen molar-refractivity contribution in [3.8, 4) is 11.1 Å². The van der Waals surface area contributed by atoms with Crippen LogP contribution in [0.15, 0.2) is 36.5 Å². The van der Waals surface area contributed by atoms with Gasteiger partial charge in [-0.25, -0.2) is 9.78 Å². The number of nitrogens with two attached hydrogens (primary N) is 1. The van der Waals surface area contributed by atoms with Crippen LogP contribution in [0, 0.1) is 0 Å². The quantitative estimate of drug-likeness (QED) is 0.592. The molecule has 5 N–H and O–H groups in total. The van der Waals surface area contributed by atoms with Crippen LogP contribution in [0.25, 0.3) is 22.2 Å². The van der Waals surface area contributed by atoms with E-state index in [0.717, 1.165) is 27.9 Å². The molecule has 7 heteroatoms. The molecule has 0 fully saturated rings. The summed E-state index contributed by atoms with van der Waals surface area (Å²) in [5.41, 5.74) is 10.0. The highest BCUT2D eigenvalue weighted by molar-refractivity contribution is 5.90. The molecule has 23 heavy (non-hydrogen) atoms. The average molecular weight is 310 g/mol. The number of aromatic amines is 1. The molecule has 0 saturated heterocycles. The fraction of sp³-hybridized carbons (Fsp3) is 0.188. The highest BCUT2D eigenvalue weighted by Gasteiger charge is 2.07. The Balaban J connectivity index is 1.87. The lowest BCUT2D eigenvalue weighted by molar-refractivity contribution is 0.252. The molecule has 0 saturated carbocycles. The Labute approximate surface area is 133 Å². The van der Waals surface area contributed by atoms with Crippen LogP contribution >= 0.6 is 0 Å². The fourth-order valence-corrected chi connectivity index (χ4v) is 2.27. The fourth-order valence-electron chi connectivity index (χ4n) is 2.27. The monoisotopic (exact) mass is 310 g/mol. The van der Waals surface area contributed by atoms with Crippen LogP contribution in [0.3, 0.4) is 0 Å². The normalized spacial score (nSPS) is 10.7. The predicted molar refractivity (Wildman–Crippen MR) is 89.9 cm³/mol. The lowest BCUT2D eigenvalue weighted by Crippen LogP contribution is -2.28. The minimum atomic E-state index is -0.284. The molecule has 0 aliphatic heterocycles. The number of urea groups is 1. The zero-order chi connectivity index (χ0) is 16.2. The molecule has 2 heterocycles. The third-order valence-corrected chi connectivity index (χ3v) is 3.42. The first kappa shape index (κ1) is 15.0. The summed E-state index contributed by atoms with van der Waals surface area (Å²) in [7, 11) is 0. The van der Waals surface area contributed by atoms with Crippen molar-refractivity contribution in [2.45, 2.75) is 13.5 Å². The Morgan fingerprint density at radius 1 is 1.26 bits per heavy atom. The summed E-state index contributed by atoms with van der Waals surface area (Å²) in [6.45, 7) is 2.84. The van der Waals surface area contributed by atoms with E-state index < -0.39 is 0 Å². The summed E-state index contributed by atoms with van der Waals surface area (Å²) in [5.74, 6) is 0.416. The zero-order valence-corrected chi connectivity index (χ0v) is 12.8. The SMILES string of the molecule is CCNC(=O)Nc1nc2cc(-c3ccc(CN)nc3)ccc2[nH]1. The molecule has 0 aliphatic rings. The van der Waals surface area contributed by atoms with Gasteiger partial charge in [0.2, 0.25) is 5.95 Å². The molecule has 7 nitrogen and oxygen atoms in total. The lowest BCUT2D eigenvalue weighted by atomic mass is 10.1. The molecule has 0 aliphatic carbocycles. The second-order valence-electron chi connectivity index (χ2n) is 5.04. The van der Waals surface area contributed by atoms with Crippen LogP contribution in [-0.2, 0) is 6.54 Å². The number of carbonyl (C=O) groups excluding carboxylic acids is 1. The largest absolute Gasteiger partial charge is 0.338 e. The Hall–Kier alpha value is -2.93. The number of imidazole rings is 1. The van der Waals surface area contributed by atoms with Gasteiger partial charge in [-0.15, -0.1) is 0 Å². The number of pyridine rings is 1. The number of benzene rings is 1. The van der Waals surface area contributed by atoms with Crippen molar-refractivity contribution in [3.05, 3.63) is 42.2 Å². The molecule has 0 bridgehead atoms. The highest BCUT2D eigenvalue weighted by Crippen LogP contribution is 2.24. The summed E-state index contributed by atoms with van der Waals surface area (Å²) in [5, 5.41) is 5.32. The molecular formula is C16H18N6O. The van der Waals surface area contributed by atoms with Gasteiger partial charge in [0.05, 0.1) is 16.7 Å². The minimum Gasteiger partial charge on any atom is -0.338 e. The Bertz CT molecular complexity index is 824. The molecule has 0 atom stereocenters. The van der Waals surface area contributed by atoms with Crippen molar-refractivity contribution >= 4 is 23.0 Å². The number of hydrogen-bond donors (Lipinski definition) is 4. The van der Waals surface area contributed by atoms with Crippen LogP contribution in [0.4, 0.5) is 10.7 Å². The van der Waals surface area contributed by atoms with Gasteiger partial charge in [-0.05, 0) is 30.7 Å². The number of rotatable bonds is 4. The molecule has 1 aromatic carbocycles. The Kier molecular flexibility index (Phi) is 4.20. The van der Waals surface area contributed by atoms with Crippen LogP contribution in [0.2, 0.25) is 0 Å². The molecule has 3 rings (SSSR count). The number of carbonyl (C=O) groups is 1. The van der Waals surface area contributed by atoms with Crippen molar-refractivity contribution < 1.29 is 4.79 Å². The first-order valence-electron chi connectivity index (χ1n) is 7.39. The zero-order valence-electron chi connectivity index (χ0n) is 12.8. The predicted octanol–water partition coefficient (Wildman–Crippen LogP) is 2.23. The van der Waals surface area contributed by atoms with Gasteiger partial charge in [-0.1, -0.05) is 12.1 Å². The van der Waals surface area contributed by atoms with Gasteiger partial charge in [0.15, 0.2) is 0 Å². The van der Waals surface area contributed by atoms with E-state index >= 15 is 0 Å². The van der Waals surface area contributed by atoms with Crippen LogP contribution in [-0.4, -0.2) is 27.5 Å². The van der Waals surface area contributed by atoms with Crippen LogP contribution in [0.5, 0.6) is 0 Å². The first-order valence-corrected chi connectivity index (χ1v) is 7.39.